The standard InChI is InChI=1S/C24H22F5N9OS/c1-10(2)19-36-37-21(40-19)23(11-3-4-11)14-15(30)33-16(34-17(14)35-20(23)39)13-9-38-8-7-31-18(38)12(32-13)5-6-22(25,26)24(27,28)29/h7-11H,3-6H2,1-2H3,(H3,30,33,34,35,39). The third-order valence-electron chi connectivity index (χ3n) is 7.15. The monoisotopic (exact) mass is 579 g/mol. The Kier molecular flexibility index (Phi) is 5.84. The third kappa shape index (κ3) is 3.98. The highest BCUT2D eigenvalue weighted by molar-refractivity contribution is 7.11. The molecule has 1 aliphatic heterocycles. The summed E-state index contributed by atoms with van der Waals surface area (Å²) in [6, 6.07) is 0. The lowest BCUT2D eigenvalue weighted by Gasteiger charge is -2.24. The molecule has 1 atom stereocenters. The van der Waals surface area contributed by atoms with Crippen molar-refractivity contribution in [3.05, 3.63) is 39.9 Å². The zero-order chi connectivity index (χ0) is 28.6. The van der Waals surface area contributed by atoms with Gasteiger partial charge in [0, 0.05) is 30.9 Å². The normalized spacial score (nSPS) is 19.4. The maximum atomic E-state index is 13.7. The number of imidazole rings is 1. The van der Waals surface area contributed by atoms with Gasteiger partial charge in [0.1, 0.15) is 32.8 Å². The molecular formula is C24H22F5N9OS. The predicted octanol–water partition coefficient (Wildman–Crippen LogP) is 4.52. The van der Waals surface area contributed by atoms with Gasteiger partial charge in [-0.15, -0.1) is 10.2 Å². The number of hydrogen-bond acceptors (Lipinski definition) is 9. The number of nitrogens with two attached hydrogens (primary N) is 1. The topological polar surface area (TPSA) is 137 Å². The lowest BCUT2D eigenvalue weighted by atomic mass is 9.78. The molecule has 0 saturated heterocycles. The van der Waals surface area contributed by atoms with E-state index in [-0.39, 0.29) is 52.2 Å². The van der Waals surface area contributed by atoms with E-state index in [0.29, 0.717) is 10.6 Å². The third-order valence-corrected chi connectivity index (χ3v) is 8.51. The first-order valence-corrected chi connectivity index (χ1v) is 13.3. The van der Waals surface area contributed by atoms with Gasteiger partial charge in [0.25, 0.3) is 0 Å². The molecule has 1 amide bonds. The zero-order valence-corrected chi connectivity index (χ0v) is 21.9. The summed E-state index contributed by atoms with van der Waals surface area (Å²) < 4.78 is 67.0. The summed E-state index contributed by atoms with van der Waals surface area (Å²) in [6.45, 7) is 3.95. The SMILES string of the molecule is CC(C)c1nnc(C2(C3CC3)C(=O)Nc3nc(-c4cn5ccnc5c(CCC(F)(F)C(F)(F)F)n4)nc(N)c32)s1. The Balaban J connectivity index is 1.43. The molecule has 3 N–H and O–H groups in total. The van der Waals surface area contributed by atoms with Crippen LogP contribution in [0.5, 0.6) is 0 Å². The molecule has 1 fully saturated rings. The number of aryl methyl sites for hydroxylation is 1. The highest BCUT2D eigenvalue weighted by Gasteiger charge is 2.62. The van der Waals surface area contributed by atoms with E-state index in [1.54, 1.807) is 0 Å². The van der Waals surface area contributed by atoms with Crippen molar-refractivity contribution < 1.29 is 26.7 Å². The van der Waals surface area contributed by atoms with Crippen LogP contribution in [0.15, 0.2) is 18.6 Å². The second kappa shape index (κ2) is 8.84. The highest BCUT2D eigenvalue weighted by Crippen LogP contribution is 2.58. The van der Waals surface area contributed by atoms with E-state index in [1.807, 2.05) is 13.8 Å². The molecule has 4 aromatic heterocycles. The van der Waals surface area contributed by atoms with Crippen LogP contribution in [0.25, 0.3) is 17.2 Å². The van der Waals surface area contributed by atoms with E-state index in [0.717, 1.165) is 17.8 Å². The molecule has 0 radical (unpaired) electrons. The maximum Gasteiger partial charge on any atom is 0.453 e. The van der Waals surface area contributed by atoms with E-state index >= 15 is 0 Å². The molecule has 2 aliphatic rings. The first-order chi connectivity index (χ1) is 18.8. The van der Waals surface area contributed by atoms with Gasteiger partial charge in [-0.2, -0.15) is 22.0 Å². The number of anilines is 2. The van der Waals surface area contributed by atoms with E-state index in [9.17, 15) is 26.7 Å². The van der Waals surface area contributed by atoms with Crippen molar-refractivity contribution in [3.63, 3.8) is 0 Å². The Hall–Kier alpha value is -3.82. The van der Waals surface area contributed by atoms with E-state index < -0.39 is 30.4 Å². The molecule has 0 bridgehead atoms. The summed E-state index contributed by atoms with van der Waals surface area (Å²) in [4.78, 5) is 30.8. The van der Waals surface area contributed by atoms with Gasteiger partial charge in [-0.3, -0.25) is 4.79 Å². The largest absolute Gasteiger partial charge is 0.453 e. The number of amides is 1. The van der Waals surface area contributed by atoms with Crippen LogP contribution in [-0.4, -0.2) is 52.5 Å². The van der Waals surface area contributed by atoms with E-state index in [1.165, 1.54) is 34.3 Å². The van der Waals surface area contributed by atoms with Crippen LogP contribution in [0.2, 0.25) is 0 Å². The first kappa shape index (κ1) is 26.4. The summed E-state index contributed by atoms with van der Waals surface area (Å²) in [7, 11) is 0. The molecular weight excluding hydrogens is 557 g/mol. The second-order valence-electron chi connectivity index (χ2n) is 10.2. The molecule has 210 valence electrons. The van der Waals surface area contributed by atoms with Crippen LogP contribution in [0, 0.1) is 5.92 Å². The smallest absolute Gasteiger partial charge is 0.383 e. The molecule has 40 heavy (non-hydrogen) atoms. The average Bonchev–Trinajstić information content (AvgIpc) is 3.28. The van der Waals surface area contributed by atoms with Crippen molar-refractivity contribution in [1.82, 2.24) is 34.5 Å². The number of alkyl halides is 5. The number of rotatable bonds is 7. The summed E-state index contributed by atoms with van der Waals surface area (Å²) in [6.07, 6.45) is -2.06. The Labute approximate surface area is 227 Å². The average molecular weight is 580 g/mol. The van der Waals surface area contributed by atoms with Crippen LogP contribution in [0.4, 0.5) is 33.6 Å². The number of hydrogen-bond donors (Lipinski definition) is 2. The number of nitrogens with zero attached hydrogens (tertiary/aromatic N) is 7. The fourth-order valence-electron chi connectivity index (χ4n) is 4.99. The molecule has 10 nitrogen and oxygen atoms in total. The minimum Gasteiger partial charge on any atom is -0.383 e. The quantitative estimate of drug-likeness (QED) is 0.305. The van der Waals surface area contributed by atoms with Gasteiger partial charge in [0.15, 0.2) is 11.5 Å². The van der Waals surface area contributed by atoms with Gasteiger partial charge in [0.05, 0.1) is 11.3 Å². The molecule has 6 rings (SSSR count). The van der Waals surface area contributed by atoms with Crippen molar-refractivity contribution in [2.45, 2.75) is 63.0 Å². The maximum absolute atomic E-state index is 13.7. The van der Waals surface area contributed by atoms with Crippen LogP contribution in [0.1, 0.15) is 60.3 Å². The summed E-state index contributed by atoms with van der Waals surface area (Å²) in [5, 5.41) is 12.7. The molecule has 0 spiro atoms. The number of fused-ring (bicyclic) bond motifs is 2. The molecule has 0 aromatic carbocycles. The fourth-order valence-corrected chi connectivity index (χ4v) is 6.11. The van der Waals surface area contributed by atoms with Crippen molar-refractivity contribution in [3.8, 4) is 11.5 Å². The predicted molar refractivity (Wildman–Crippen MR) is 134 cm³/mol. The van der Waals surface area contributed by atoms with Gasteiger partial charge in [0.2, 0.25) is 5.91 Å². The Morgan fingerprint density at radius 3 is 2.58 bits per heavy atom. The van der Waals surface area contributed by atoms with Crippen molar-refractivity contribution >= 4 is 34.5 Å². The van der Waals surface area contributed by atoms with E-state index in [2.05, 4.69) is 35.5 Å². The van der Waals surface area contributed by atoms with Gasteiger partial charge >= 0.3 is 12.1 Å². The van der Waals surface area contributed by atoms with Crippen LogP contribution < -0.4 is 11.1 Å². The minimum absolute atomic E-state index is 0.00392. The molecule has 4 aromatic rings. The lowest BCUT2D eigenvalue weighted by Crippen LogP contribution is -2.38. The fraction of sp³-hybridized carbons (Fsp3) is 0.458. The van der Waals surface area contributed by atoms with Gasteiger partial charge in [-0.05, 0) is 25.2 Å². The Bertz CT molecular complexity index is 1650. The zero-order valence-electron chi connectivity index (χ0n) is 21.1. The van der Waals surface area contributed by atoms with Crippen molar-refractivity contribution in [1.29, 1.82) is 0 Å². The number of aromatic nitrogens is 7. The highest BCUT2D eigenvalue weighted by atomic mass is 32.1. The molecule has 16 heteroatoms. The lowest BCUT2D eigenvalue weighted by molar-refractivity contribution is -0.284. The number of carbonyl (C=O) groups is 1. The van der Waals surface area contributed by atoms with E-state index in [4.69, 9.17) is 5.73 Å². The number of carbonyl (C=O) groups excluding carboxylic acids is 1. The Morgan fingerprint density at radius 2 is 1.93 bits per heavy atom. The second-order valence-corrected chi connectivity index (χ2v) is 11.2. The van der Waals surface area contributed by atoms with Crippen LogP contribution >= 0.6 is 11.3 Å². The molecule has 1 aliphatic carbocycles. The molecule has 1 saturated carbocycles. The number of nitrogen functional groups attached to an aromatic ring is 1. The number of nitrogens with one attached hydrogen (secondary N) is 1. The Morgan fingerprint density at radius 1 is 1.18 bits per heavy atom. The van der Waals surface area contributed by atoms with Crippen molar-refractivity contribution in [2.24, 2.45) is 5.92 Å². The number of halogens is 5. The van der Waals surface area contributed by atoms with Crippen LogP contribution in [0.3, 0.4) is 0 Å². The van der Waals surface area contributed by atoms with Gasteiger partial charge in [-0.1, -0.05) is 25.2 Å². The molecule has 5 heterocycles. The molecule has 1 unspecified atom stereocenters. The summed E-state index contributed by atoms with van der Waals surface area (Å²) >= 11 is 1.34. The van der Waals surface area contributed by atoms with Crippen LogP contribution in [-0.2, 0) is 16.6 Å². The minimum atomic E-state index is -5.69. The summed E-state index contributed by atoms with van der Waals surface area (Å²) in [5.41, 5.74) is 5.73. The van der Waals surface area contributed by atoms with Crippen molar-refractivity contribution in [2.75, 3.05) is 11.1 Å². The van der Waals surface area contributed by atoms with Gasteiger partial charge < -0.3 is 15.5 Å². The first-order valence-electron chi connectivity index (χ1n) is 12.4. The summed E-state index contributed by atoms with van der Waals surface area (Å²) in [5.74, 6) is -5.08. The van der Waals surface area contributed by atoms with Gasteiger partial charge in [-0.25, -0.2) is 19.9 Å².